The van der Waals surface area contributed by atoms with Crippen LogP contribution in [0.3, 0.4) is 0 Å². The van der Waals surface area contributed by atoms with Gasteiger partial charge in [0.15, 0.2) is 0 Å². The van der Waals surface area contributed by atoms with Crippen LogP contribution in [0.25, 0.3) is 0 Å². The van der Waals surface area contributed by atoms with E-state index in [0.717, 1.165) is 31.7 Å². The minimum atomic E-state index is -0.133. The van der Waals surface area contributed by atoms with Gasteiger partial charge in [-0.2, -0.15) is 0 Å². The molecule has 1 aromatic carbocycles. The number of nitrogens with zero attached hydrogens (tertiary/aromatic N) is 1. The highest BCUT2D eigenvalue weighted by Crippen LogP contribution is 2.20. The molecule has 0 aliphatic heterocycles. The lowest BCUT2D eigenvalue weighted by molar-refractivity contribution is 0.551. The average molecular weight is 252 g/mol. The molecular formula is C15H25FN2. The van der Waals surface area contributed by atoms with Crippen molar-refractivity contribution in [3.8, 4) is 0 Å². The molecular weight excluding hydrogens is 227 g/mol. The fourth-order valence-corrected chi connectivity index (χ4v) is 1.98. The first-order chi connectivity index (χ1) is 8.58. The van der Waals surface area contributed by atoms with Gasteiger partial charge in [-0.25, -0.2) is 4.39 Å². The van der Waals surface area contributed by atoms with Crippen molar-refractivity contribution in [2.24, 2.45) is 5.92 Å². The van der Waals surface area contributed by atoms with E-state index in [9.17, 15) is 4.39 Å². The molecule has 0 amide bonds. The molecule has 0 saturated carbocycles. The van der Waals surface area contributed by atoms with Gasteiger partial charge in [0, 0.05) is 19.6 Å². The Bertz CT molecular complexity index is 360. The van der Waals surface area contributed by atoms with E-state index < -0.39 is 0 Å². The van der Waals surface area contributed by atoms with E-state index in [0.29, 0.717) is 11.6 Å². The van der Waals surface area contributed by atoms with Crippen molar-refractivity contribution in [1.82, 2.24) is 5.32 Å². The Morgan fingerprint density at radius 2 is 1.89 bits per heavy atom. The molecule has 2 nitrogen and oxygen atoms in total. The Balaban J connectivity index is 2.74. The lowest BCUT2D eigenvalue weighted by atomic mass is 10.1. The molecule has 0 saturated heterocycles. The number of hydrogen-bond donors (Lipinski definition) is 1. The SMILES string of the molecule is CCN(CC)c1cc(CNCC(C)C)ccc1F. The second-order valence-corrected chi connectivity index (χ2v) is 4.98. The summed E-state index contributed by atoms with van der Waals surface area (Å²) >= 11 is 0. The first-order valence-electron chi connectivity index (χ1n) is 6.82. The number of benzene rings is 1. The molecule has 1 aromatic rings. The molecule has 0 unspecified atom stereocenters. The highest BCUT2D eigenvalue weighted by atomic mass is 19.1. The molecule has 3 heteroatoms. The molecule has 0 heterocycles. The minimum absolute atomic E-state index is 0.133. The maximum absolute atomic E-state index is 13.8. The number of nitrogens with one attached hydrogen (secondary N) is 1. The van der Waals surface area contributed by atoms with Gasteiger partial charge < -0.3 is 10.2 Å². The minimum Gasteiger partial charge on any atom is -0.370 e. The van der Waals surface area contributed by atoms with Crippen LogP contribution in [0.5, 0.6) is 0 Å². The van der Waals surface area contributed by atoms with E-state index in [-0.39, 0.29) is 5.82 Å². The smallest absolute Gasteiger partial charge is 0.146 e. The largest absolute Gasteiger partial charge is 0.370 e. The van der Waals surface area contributed by atoms with E-state index >= 15 is 0 Å². The summed E-state index contributed by atoms with van der Waals surface area (Å²) in [5, 5.41) is 3.38. The summed E-state index contributed by atoms with van der Waals surface area (Å²) in [7, 11) is 0. The zero-order valence-electron chi connectivity index (χ0n) is 12.0. The summed E-state index contributed by atoms with van der Waals surface area (Å²) in [5.41, 5.74) is 1.85. The van der Waals surface area contributed by atoms with Gasteiger partial charge in [-0.15, -0.1) is 0 Å². The maximum atomic E-state index is 13.8. The molecule has 0 aliphatic carbocycles. The number of hydrogen-bond acceptors (Lipinski definition) is 2. The van der Waals surface area contributed by atoms with Crippen molar-refractivity contribution in [2.75, 3.05) is 24.5 Å². The Morgan fingerprint density at radius 3 is 2.44 bits per heavy atom. The summed E-state index contributed by atoms with van der Waals surface area (Å²) in [4.78, 5) is 2.04. The zero-order chi connectivity index (χ0) is 13.5. The van der Waals surface area contributed by atoms with Crippen LogP contribution in [0.1, 0.15) is 33.3 Å². The Kier molecular flexibility index (Phi) is 6.13. The van der Waals surface area contributed by atoms with Crippen molar-refractivity contribution in [3.63, 3.8) is 0 Å². The van der Waals surface area contributed by atoms with Gasteiger partial charge in [0.25, 0.3) is 0 Å². The van der Waals surface area contributed by atoms with Crippen LogP contribution >= 0.6 is 0 Å². The molecule has 0 fully saturated rings. The van der Waals surface area contributed by atoms with Crippen molar-refractivity contribution in [3.05, 3.63) is 29.6 Å². The highest BCUT2D eigenvalue weighted by Gasteiger charge is 2.09. The standard InChI is InChI=1S/C15H25FN2/c1-5-18(6-2)15-9-13(7-8-14(15)16)11-17-10-12(3)4/h7-9,12,17H,5-6,10-11H2,1-4H3. The van der Waals surface area contributed by atoms with Gasteiger partial charge >= 0.3 is 0 Å². The van der Waals surface area contributed by atoms with E-state index in [4.69, 9.17) is 0 Å². The predicted octanol–water partition coefficient (Wildman–Crippen LogP) is 3.42. The topological polar surface area (TPSA) is 15.3 Å². The van der Waals surface area contributed by atoms with E-state index in [1.165, 1.54) is 0 Å². The Hall–Kier alpha value is -1.09. The van der Waals surface area contributed by atoms with Gasteiger partial charge in [-0.05, 0) is 44.0 Å². The zero-order valence-corrected chi connectivity index (χ0v) is 12.0. The second-order valence-electron chi connectivity index (χ2n) is 4.98. The third-order valence-electron chi connectivity index (χ3n) is 3.00. The van der Waals surface area contributed by atoms with Crippen molar-refractivity contribution >= 4 is 5.69 Å². The van der Waals surface area contributed by atoms with Crippen molar-refractivity contribution in [2.45, 2.75) is 34.2 Å². The van der Waals surface area contributed by atoms with Crippen molar-refractivity contribution < 1.29 is 4.39 Å². The van der Waals surface area contributed by atoms with Crippen LogP contribution in [0.15, 0.2) is 18.2 Å². The lowest BCUT2D eigenvalue weighted by Crippen LogP contribution is -2.24. The molecule has 0 radical (unpaired) electrons. The third-order valence-corrected chi connectivity index (χ3v) is 3.00. The first kappa shape index (κ1) is 15.0. The molecule has 18 heavy (non-hydrogen) atoms. The fraction of sp³-hybridized carbons (Fsp3) is 0.600. The van der Waals surface area contributed by atoms with Gasteiger partial charge in [0.2, 0.25) is 0 Å². The molecule has 102 valence electrons. The van der Waals surface area contributed by atoms with E-state index in [1.807, 2.05) is 30.9 Å². The highest BCUT2D eigenvalue weighted by molar-refractivity contribution is 5.49. The molecule has 0 bridgehead atoms. The number of halogens is 1. The van der Waals surface area contributed by atoms with Crippen LogP contribution in [0.4, 0.5) is 10.1 Å². The molecule has 1 N–H and O–H groups in total. The fourth-order valence-electron chi connectivity index (χ4n) is 1.98. The van der Waals surface area contributed by atoms with Crippen LogP contribution in [0, 0.1) is 11.7 Å². The van der Waals surface area contributed by atoms with Gasteiger partial charge in [-0.1, -0.05) is 19.9 Å². The predicted molar refractivity (Wildman–Crippen MR) is 76.5 cm³/mol. The van der Waals surface area contributed by atoms with E-state index in [2.05, 4.69) is 19.2 Å². The van der Waals surface area contributed by atoms with Crippen LogP contribution in [0.2, 0.25) is 0 Å². The van der Waals surface area contributed by atoms with E-state index in [1.54, 1.807) is 6.07 Å². The van der Waals surface area contributed by atoms with Crippen molar-refractivity contribution in [1.29, 1.82) is 0 Å². The summed E-state index contributed by atoms with van der Waals surface area (Å²) in [6.07, 6.45) is 0. The van der Waals surface area contributed by atoms with Gasteiger partial charge in [0.1, 0.15) is 5.82 Å². The number of rotatable bonds is 7. The quantitative estimate of drug-likeness (QED) is 0.800. The van der Waals surface area contributed by atoms with Gasteiger partial charge in [0.05, 0.1) is 5.69 Å². The van der Waals surface area contributed by atoms with Gasteiger partial charge in [-0.3, -0.25) is 0 Å². The van der Waals surface area contributed by atoms with Crippen LogP contribution in [-0.4, -0.2) is 19.6 Å². The first-order valence-corrected chi connectivity index (χ1v) is 6.82. The summed E-state index contributed by atoms with van der Waals surface area (Å²) < 4.78 is 13.8. The lowest BCUT2D eigenvalue weighted by Gasteiger charge is -2.22. The number of anilines is 1. The normalized spacial score (nSPS) is 11.0. The monoisotopic (exact) mass is 252 g/mol. The maximum Gasteiger partial charge on any atom is 0.146 e. The third kappa shape index (κ3) is 4.30. The average Bonchev–Trinajstić information content (AvgIpc) is 2.34. The molecule has 0 atom stereocenters. The second kappa shape index (κ2) is 7.37. The Labute approximate surface area is 110 Å². The molecule has 0 aliphatic rings. The Morgan fingerprint density at radius 1 is 1.22 bits per heavy atom. The summed E-state index contributed by atoms with van der Waals surface area (Å²) in [5.74, 6) is 0.499. The van der Waals surface area contributed by atoms with Crippen LogP contribution < -0.4 is 10.2 Å². The molecule has 0 spiro atoms. The van der Waals surface area contributed by atoms with Crippen LogP contribution in [-0.2, 0) is 6.54 Å². The summed E-state index contributed by atoms with van der Waals surface area (Å²) in [6, 6.07) is 5.38. The molecule has 0 aromatic heterocycles. The summed E-state index contributed by atoms with van der Waals surface area (Å²) in [6.45, 7) is 11.9. The molecule has 1 rings (SSSR count).